The van der Waals surface area contributed by atoms with Gasteiger partial charge in [-0.05, 0) is 100 Å². The normalized spacial score (nSPS) is 12.8. The molecule has 0 N–H and O–H groups in total. The van der Waals surface area contributed by atoms with Gasteiger partial charge in [0, 0.05) is 97.5 Å². The highest BCUT2D eigenvalue weighted by atomic mass is 15.1. The molecule has 400 valence electrons. The quantitative estimate of drug-likeness (QED) is 0.176. The van der Waals surface area contributed by atoms with E-state index in [2.05, 4.69) is 241 Å². The molecule has 22 rings (SSSR count). The Morgan fingerprint density at radius 2 is 0.864 bits per heavy atom. The number of para-hydroxylation sites is 4. The van der Waals surface area contributed by atoms with E-state index in [-0.39, 0.29) is 5.82 Å². The number of aromatic nitrogens is 8. The zero-order valence-corrected chi connectivity index (χ0v) is 46.5. The van der Waals surface area contributed by atoms with Gasteiger partial charge in [0.05, 0.1) is 89.6 Å². The lowest BCUT2D eigenvalue weighted by Gasteiger charge is -2.14. The van der Waals surface area contributed by atoms with E-state index in [1.807, 2.05) is 24.4 Å². The van der Waals surface area contributed by atoms with Crippen molar-refractivity contribution in [1.82, 2.24) is 37.9 Å². The Morgan fingerprint density at radius 3 is 1.56 bits per heavy atom. The van der Waals surface area contributed by atoms with Crippen molar-refractivity contribution in [1.29, 1.82) is 5.26 Å². The van der Waals surface area contributed by atoms with Crippen molar-refractivity contribution in [2.45, 2.75) is 0 Å². The van der Waals surface area contributed by atoms with E-state index in [1.54, 1.807) is 0 Å². The molecule has 0 saturated carbocycles. The van der Waals surface area contributed by atoms with Gasteiger partial charge in [-0.15, -0.1) is 0 Å². The van der Waals surface area contributed by atoms with E-state index in [9.17, 15) is 5.26 Å². The molecule has 0 atom stereocenters. The minimum atomic E-state index is 0.129. The molecule has 0 bridgehead atoms. The van der Waals surface area contributed by atoms with Gasteiger partial charge >= 0.3 is 0 Å². The van der Waals surface area contributed by atoms with Crippen LogP contribution in [0.2, 0.25) is 0 Å². The second-order valence-corrected chi connectivity index (χ2v) is 23.9. The summed E-state index contributed by atoms with van der Waals surface area (Å²) in [5, 5.41) is 32.7. The maximum absolute atomic E-state index is 10.4. The minimum absolute atomic E-state index is 0.129. The zero-order valence-electron chi connectivity index (χ0n) is 46.5. The highest BCUT2D eigenvalue weighted by molar-refractivity contribution is 6.39. The van der Waals surface area contributed by atoms with Gasteiger partial charge in [-0.3, -0.25) is 9.55 Å². The third-order valence-corrected chi connectivity index (χ3v) is 19.8. The summed E-state index contributed by atoms with van der Waals surface area (Å²) in [6.07, 6.45) is 1.97. The third kappa shape index (κ3) is 5.32. The summed E-state index contributed by atoms with van der Waals surface area (Å²) < 4.78 is 9.81. The number of hydrogen-bond acceptors (Lipinski definition) is 5. The summed E-state index contributed by atoms with van der Waals surface area (Å²) in [4.78, 5) is 20.7. The molecule has 21 aromatic rings. The Hall–Kier alpha value is -12.3. The highest BCUT2D eigenvalue weighted by Crippen LogP contribution is 2.53. The topological polar surface area (TPSA) is 94.0 Å². The van der Waals surface area contributed by atoms with Gasteiger partial charge in [0.15, 0.2) is 0 Å². The third-order valence-electron chi connectivity index (χ3n) is 19.8. The van der Waals surface area contributed by atoms with Crippen LogP contribution < -0.4 is 0 Å². The van der Waals surface area contributed by atoms with Crippen LogP contribution in [-0.2, 0) is 0 Å². The van der Waals surface area contributed by atoms with Gasteiger partial charge in [0.25, 0.3) is 0 Å². The minimum Gasteiger partial charge on any atom is -0.308 e. The molecular formula is C79H39N9. The van der Waals surface area contributed by atoms with E-state index in [4.69, 9.17) is 15.0 Å². The van der Waals surface area contributed by atoms with Crippen LogP contribution in [0.25, 0.3) is 208 Å². The van der Waals surface area contributed by atoms with Crippen LogP contribution in [0.15, 0.2) is 237 Å². The van der Waals surface area contributed by atoms with Gasteiger partial charge in [-0.25, -0.2) is 15.0 Å². The smallest absolute Gasteiger partial charge is 0.234 e. The summed E-state index contributed by atoms with van der Waals surface area (Å²) in [7, 11) is 0. The van der Waals surface area contributed by atoms with Gasteiger partial charge < -0.3 is 13.4 Å². The average Bonchev–Trinajstić information content (AvgIpc) is 1.53. The molecule has 8 aromatic heterocycles. The van der Waals surface area contributed by atoms with Crippen LogP contribution in [0.4, 0.5) is 0 Å². The Labute approximate surface area is 497 Å². The van der Waals surface area contributed by atoms with Crippen molar-refractivity contribution >= 4 is 163 Å². The Morgan fingerprint density at radius 1 is 0.330 bits per heavy atom. The fraction of sp³-hybridized carbons (Fsp3) is 0. The fourth-order valence-corrected chi connectivity index (χ4v) is 16.4. The predicted octanol–water partition coefficient (Wildman–Crippen LogP) is 19.6. The van der Waals surface area contributed by atoms with Crippen molar-refractivity contribution in [2.75, 3.05) is 0 Å². The molecular weight excluding hydrogens is 1070 g/mol. The Kier molecular flexibility index (Phi) is 8.08. The van der Waals surface area contributed by atoms with Crippen molar-refractivity contribution in [3.05, 3.63) is 243 Å². The molecule has 0 saturated heterocycles. The van der Waals surface area contributed by atoms with Crippen molar-refractivity contribution in [3.8, 4) is 51.3 Å². The number of fused-ring (bicyclic) bond motifs is 28. The first-order valence-electron chi connectivity index (χ1n) is 29.9. The summed E-state index contributed by atoms with van der Waals surface area (Å²) in [5.41, 5.74) is 19.1. The average molecular weight is 1110 g/mol. The van der Waals surface area contributed by atoms with Gasteiger partial charge in [-0.1, -0.05) is 152 Å². The number of nitrogens with zero attached hydrogens (tertiary/aromatic N) is 9. The first kappa shape index (κ1) is 45.2. The molecule has 9 nitrogen and oxygen atoms in total. The van der Waals surface area contributed by atoms with Crippen molar-refractivity contribution in [2.24, 2.45) is 0 Å². The highest BCUT2D eigenvalue weighted by Gasteiger charge is 2.31. The van der Waals surface area contributed by atoms with Gasteiger partial charge in [0.1, 0.15) is 11.9 Å². The van der Waals surface area contributed by atoms with Crippen LogP contribution in [0.1, 0.15) is 5.82 Å². The molecule has 1 aliphatic rings. The molecule has 0 aliphatic heterocycles. The Bertz CT molecular complexity index is 6890. The van der Waals surface area contributed by atoms with Crippen LogP contribution in [0, 0.1) is 11.3 Å². The first-order valence-corrected chi connectivity index (χ1v) is 29.9. The maximum atomic E-state index is 10.4. The zero-order chi connectivity index (χ0) is 56.9. The van der Waals surface area contributed by atoms with Crippen LogP contribution in [0.5, 0.6) is 0 Å². The molecule has 88 heavy (non-hydrogen) atoms. The molecule has 9 heteroatoms. The lowest BCUT2D eigenvalue weighted by molar-refractivity contribution is 1.05. The maximum Gasteiger partial charge on any atom is 0.234 e. The van der Waals surface area contributed by atoms with Crippen LogP contribution >= 0.6 is 0 Å². The van der Waals surface area contributed by atoms with Crippen LogP contribution in [-0.4, -0.2) is 37.9 Å². The summed E-state index contributed by atoms with van der Waals surface area (Å²) >= 11 is 0. The molecule has 1 aliphatic carbocycles. The number of hydrogen-bond donors (Lipinski definition) is 0. The monoisotopic (exact) mass is 1110 g/mol. The van der Waals surface area contributed by atoms with Gasteiger partial charge in [0.2, 0.25) is 5.82 Å². The number of nitriles is 1. The molecule has 8 heterocycles. The molecule has 0 spiro atoms. The SMILES string of the molecule is N#Cc1nc(-n2c3ccccc3c3cc4c5cc(-c6cnc7c(n6)-c6ccc(-n8c9ccccc9c9cc%10c%11ccccc%11n%11c%12ccc%13ccccc%13c%12c(c98)c%10%11)c8cccc-7c68)ccc5n5c6ccc7ccccc7c6c(c32)c45)c2ccccc2n1. The fourth-order valence-electron chi connectivity index (χ4n) is 16.4. The summed E-state index contributed by atoms with van der Waals surface area (Å²) in [5.74, 6) is 0.809. The second-order valence-electron chi connectivity index (χ2n) is 23.9. The van der Waals surface area contributed by atoms with Crippen molar-refractivity contribution < 1.29 is 0 Å². The lowest BCUT2D eigenvalue weighted by atomic mass is 9.99. The number of rotatable bonds is 3. The standard InChI is InChI=1S/C79H39N9/c80-39-67-82-58-24-9-5-21-49(58)79(84-67)88-62-27-12-8-20-48(62)56-38-57-53-36-43(30-32-64(53)87-66-34-29-42-15-2-4-17-45(42)70(66)72(77(57)87)78(56)88)59-40-81-73-51-23-13-22-50-63(35-31-52(68(50)51)74(73)83-59)85-60-25-10-6-18-46(60)54-37-55-47-19-7-11-26-61(47)86-65-33-28-41-14-1-3-16-44(41)69(65)71(75(54)85)76(55)86/h1-38,40H. The summed E-state index contributed by atoms with van der Waals surface area (Å²) in [6, 6.07) is 86.4. The van der Waals surface area contributed by atoms with E-state index in [0.29, 0.717) is 5.82 Å². The second kappa shape index (κ2) is 15.7. The molecule has 0 amide bonds. The Balaban J connectivity index is 0.773. The predicted molar refractivity (Wildman–Crippen MR) is 360 cm³/mol. The molecule has 0 unspecified atom stereocenters. The van der Waals surface area contributed by atoms with E-state index >= 15 is 0 Å². The molecule has 13 aromatic carbocycles. The van der Waals surface area contributed by atoms with Crippen molar-refractivity contribution in [3.63, 3.8) is 0 Å². The molecule has 0 fully saturated rings. The van der Waals surface area contributed by atoms with Crippen LogP contribution in [0.3, 0.4) is 0 Å². The summed E-state index contributed by atoms with van der Waals surface area (Å²) in [6.45, 7) is 0. The van der Waals surface area contributed by atoms with E-state index < -0.39 is 0 Å². The number of benzene rings is 13. The largest absolute Gasteiger partial charge is 0.308 e. The van der Waals surface area contributed by atoms with E-state index in [0.717, 1.165) is 116 Å². The molecule has 0 radical (unpaired) electrons. The lowest BCUT2D eigenvalue weighted by Crippen LogP contribution is -2.03. The van der Waals surface area contributed by atoms with Gasteiger partial charge in [-0.2, -0.15) is 5.26 Å². The van der Waals surface area contributed by atoms with E-state index in [1.165, 1.54) is 86.8 Å². The first-order chi connectivity index (χ1) is 43.6.